The summed E-state index contributed by atoms with van der Waals surface area (Å²) >= 11 is 5.99. The molecule has 0 amide bonds. The maximum Gasteiger partial charge on any atom is 0.166 e. The Morgan fingerprint density at radius 1 is 1.29 bits per heavy atom. The first-order chi connectivity index (χ1) is 8.22. The summed E-state index contributed by atoms with van der Waals surface area (Å²) in [5.41, 5.74) is 1.20. The Hall–Kier alpha value is -1.58. The van der Waals surface area contributed by atoms with E-state index in [-0.39, 0.29) is 0 Å². The molecule has 0 aliphatic carbocycles. The Bertz CT molecular complexity index is 522. The number of aromatic nitrogens is 1. The second kappa shape index (κ2) is 5.17. The summed E-state index contributed by atoms with van der Waals surface area (Å²) in [5.74, 6) is 0. The number of hydrogen-bond donors (Lipinski definition) is 1. The molecule has 0 radical (unpaired) electrons. The van der Waals surface area contributed by atoms with Crippen LogP contribution in [0.5, 0.6) is 0 Å². The zero-order valence-corrected chi connectivity index (χ0v) is 9.84. The molecule has 0 aliphatic heterocycles. The molecule has 1 N–H and O–H groups in total. The summed E-state index contributed by atoms with van der Waals surface area (Å²) in [6, 6.07) is 10.6. The lowest BCUT2D eigenvalue weighted by Gasteiger charge is -2.14. The highest BCUT2D eigenvalue weighted by Crippen LogP contribution is 2.24. The Balaban J connectivity index is 2.20. The number of halogens is 1. The predicted molar refractivity (Wildman–Crippen MR) is 66.2 cm³/mol. The van der Waals surface area contributed by atoms with Crippen molar-refractivity contribution in [2.75, 3.05) is 0 Å². The number of rotatable bonds is 4. The van der Waals surface area contributed by atoms with Crippen LogP contribution in [0.15, 0.2) is 42.6 Å². The van der Waals surface area contributed by atoms with Crippen molar-refractivity contribution in [2.45, 2.75) is 12.6 Å². The summed E-state index contributed by atoms with van der Waals surface area (Å²) in [7, 11) is 0. The fourth-order valence-corrected chi connectivity index (χ4v) is 1.99. The van der Waals surface area contributed by atoms with Crippen LogP contribution in [-0.2, 0) is 6.54 Å². The lowest BCUT2D eigenvalue weighted by Crippen LogP contribution is -2.10. The maximum absolute atomic E-state index is 10.7. The summed E-state index contributed by atoms with van der Waals surface area (Å²) in [4.78, 5) is 10.7. The molecule has 0 bridgehead atoms. The summed E-state index contributed by atoms with van der Waals surface area (Å²) in [6.45, 7) is 0.310. The number of aliphatic hydroxyl groups is 1. The normalized spacial score (nSPS) is 12.4. The lowest BCUT2D eigenvalue weighted by molar-refractivity contribution is 0.110. The van der Waals surface area contributed by atoms with E-state index in [2.05, 4.69) is 0 Å². The molecule has 4 heteroatoms. The van der Waals surface area contributed by atoms with Crippen LogP contribution in [0.3, 0.4) is 0 Å². The standard InChI is InChI=1S/C13H12ClNO2/c14-12-6-2-1-5-11(12)13(17)8-15-7-3-4-10(15)9-16/h1-7,9,13,17H,8H2. The minimum absolute atomic E-state index is 0.310. The third-order valence-corrected chi connectivity index (χ3v) is 2.96. The number of aliphatic hydroxyl groups excluding tert-OH is 1. The van der Waals surface area contributed by atoms with E-state index in [0.29, 0.717) is 22.8 Å². The number of carbonyl (C=O) groups is 1. The first-order valence-corrected chi connectivity index (χ1v) is 5.63. The number of nitrogens with zero attached hydrogens (tertiary/aromatic N) is 1. The van der Waals surface area contributed by atoms with Gasteiger partial charge < -0.3 is 9.67 Å². The molecule has 0 fully saturated rings. The van der Waals surface area contributed by atoms with E-state index >= 15 is 0 Å². The average molecular weight is 250 g/mol. The van der Waals surface area contributed by atoms with Gasteiger partial charge in [-0.15, -0.1) is 0 Å². The largest absolute Gasteiger partial charge is 0.386 e. The number of benzene rings is 1. The smallest absolute Gasteiger partial charge is 0.166 e. The Morgan fingerprint density at radius 3 is 2.76 bits per heavy atom. The van der Waals surface area contributed by atoms with E-state index in [4.69, 9.17) is 11.6 Å². The molecule has 17 heavy (non-hydrogen) atoms. The van der Waals surface area contributed by atoms with Gasteiger partial charge in [0.25, 0.3) is 0 Å². The van der Waals surface area contributed by atoms with Crippen LogP contribution in [0.1, 0.15) is 22.2 Å². The van der Waals surface area contributed by atoms with Crippen LogP contribution in [0.4, 0.5) is 0 Å². The van der Waals surface area contributed by atoms with Gasteiger partial charge in [-0.25, -0.2) is 0 Å². The van der Waals surface area contributed by atoms with Crippen molar-refractivity contribution in [1.29, 1.82) is 0 Å². The van der Waals surface area contributed by atoms with E-state index in [9.17, 15) is 9.90 Å². The topological polar surface area (TPSA) is 42.2 Å². The summed E-state index contributed by atoms with van der Waals surface area (Å²) < 4.78 is 1.70. The molecule has 2 rings (SSSR count). The number of hydrogen-bond acceptors (Lipinski definition) is 2. The van der Waals surface area contributed by atoms with Gasteiger partial charge in [-0.05, 0) is 18.2 Å². The lowest BCUT2D eigenvalue weighted by atomic mass is 10.1. The van der Waals surface area contributed by atoms with Crippen LogP contribution in [0, 0.1) is 0 Å². The highest BCUT2D eigenvalue weighted by Gasteiger charge is 2.12. The molecule has 1 aromatic heterocycles. The van der Waals surface area contributed by atoms with Gasteiger partial charge in [0.2, 0.25) is 0 Å². The molecule has 1 unspecified atom stereocenters. The number of aldehydes is 1. The molecule has 1 aromatic carbocycles. The minimum Gasteiger partial charge on any atom is -0.386 e. The fourth-order valence-electron chi connectivity index (χ4n) is 1.73. The van der Waals surface area contributed by atoms with Crippen molar-refractivity contribution in [3.05, 3.63) is 58.9 Å². The molecule has 3 nitrogen and oxygen atoms in total. The molecule has 0 spiro atoms. The average Bonchev–Trinajstić information content (AvgIpc) is 2.76. The van der Waals surface area contributed by atoms with Crippen LogP contribution >= 0.6 is 11.6 Å². The molecule has 0 saturated carbocycles. The molecule has 1 heterocycles. The molecule has 1 atom stereocenters. The van der Waals surface area contributed by atoms with E-state index in [0.717, 1.165) is 6.29 Å². The third-order valence-electron chi connectivity index (χ3n) is 2.62. The monoisotopic (exact) mass is 249 g/mol. The second-order valence-corrected chi connectivity index (χ2v) is 4.15. The van der Waals surface area contributed by atoms with Crippen LogP contribution < -0.4 is 0 Å². The second-order valence-electron chi connectivity index (χ2n) is 3.74. The Kier molecular flexibility index (Phi) is 3.61. The highest BCUT2D eigenvalue weighted by molar-refractivity contribution is 6.31. The fraction of sp³-hybridized carbons (Fsp3) is 0.154. The Morgan fingerprint density at radius 2 is 2.06 bits per heavy atom. The van der Waals surface area contributed by atoms with Crippen LogP contribution in [0.2, 0.25) is 5.02 Å². The van der Waals surface area contributed by atoms with Crippen molar-refractivity contribution in [2.24, 2.45) is 0 Å². The Labute approximate surface area is 104 Å². The molecule has 0 saturated heterocycles. The van der Waals surface area contributed by atoms with Gasteiger partial charge in [0.1, 0.15) is 0 Å². The molecule has 0 aliphatic rings. The van der Waals surface area contributed by atoms with E-state index < -0.39 is 6.10 Å². The zero-order chi connectivity index (χ0) is 12.3. The maximum atomic E-state index is 10.7. The van der Waals surface area contributed by atoms with Gasteiger partial charge in [-0.1, -0.05) is 29.8 Å². The SMILES string of the molecule is O=Cc1cccn1CC(O)c1ccccc1Cl. The molecule has 88 valence electrons. The molecular weight excluding hydrogens is 238 g/mol. The van der Waals surface area contributed by atoms with Gasteiger partial charge in [-0.2, -0.15) is 0 Å². The van der Waals surface area contributed by atoms with Crippen molar-refractivity contribution in [3.63, 3.8) is 0 Å². The van der Waals surface area contributed by atoms with Gasteiger partial charge in [-0.3, -0.25) is 4.79 Å². The van der Waals surface area contributed by atoms with Gasteiger partial charge in [0.05, 0.1) is 18.3 Å². The van der Waals surface area contributed by atoms with Gasteiger partial charge in [0.15, 0.2) is 6.29 Å². The van der Waals surface area contributed by atoms with Crippen LogP contribution in [0.25, 0.3) is 0 Å². The number of carbonyl (C=O) groups excluding carboxylic acids is 1. The third kappa shape index (κ3) is 2.57. The summed E-state index contributed by atoms with van der Waals surface area (Å²) in [5, 5.41) is 10.6. The predicted octanol–water partition coefficient (Wildman–Crippen LogP) is 2.69. The summed E-state index contributed by atoms with van der Waals surface area (Å²) in [6.07, 6.45) is 1.79. The quantitative estimate of drug-likeness (QED) is 0.847. The van der Waals surface area contributed by atoms with Crippen molar-refractivity contribution < 1.29 is 9.90 Å². The van der Waals surface area contributed by atoms with Crippen molar-refractivity contribution in [1.82, 2.24) is 4.57 Å². The highest BCUT2D eigenvalue weighted by atomic mass is 35.5. The van der Waals surface area contributed by atoms with E-state index in [1.807, 2.05) is 12.1 Å². The molecule has 2 aromatic rings. The van der Waals surface area contributed by atoms with E-state index in [1.54, 1.807) is 35.0 Å². The van der Waals surface area contributed by atoms with Gasteiger partial charge in [0, 0.05) is 16.8 Å². The van der Waals surface area contributed by atoms with E-state index in [1.165, 1.54) is 0 Å². The molecular formula is C13H12ClNO2. The van der Waals surface area contributed by atoms with Crippen LogP contribution in [-0.4, -0.2) is 16.0 Å². The van der Waals surface area contributed by atoms with Crippen molar-refractivity contribution in [3.8, 4) is 0 Å². The minimum atomic E-state index is -0.727. The first-order valence-electron chi connectivity index (χ1n) is 5.25. The van der Waals surface area contributed by atoms with Crippen molar-refractivity contribution >= 4 is 17.9 Å². The zero-order valence-electron chi connectivity index (χ0n) is 9.08. The van der Waals surface area contributed by atoms with Gasteiger partial charge >= 0.3 is 0 Å². The first kappa shape index (κ1) is 11.9.